The number of rotatable bonds is 6. The van der Waals surface area contributed by atoms with Crippen molar-refractivity contribution >= 4 is 68.8 Å². The number of aromatic nitrogens is 2. The number of nitrogens with one attached hydrogen (secondary N) is 1. The fourth-order valence-corrected chi connectivity index (χ4v) is 7.31. The van der Waals surface area contributed by atoms with E-state index in [0.717, 1.165) is 0 Å². The molecule has 2 aromatic carbocycles. The molecule has 1 aliphatic heterocycles. The van der Waals surface area contributed by atoms with Gasteiger partial charge >= 0.3 is 0 Å². The molecule has 0 saturated carbocycles. The summed E-state index contributed by atoms with van der Waals surface area (Å²) >= 11 is 15.5. The van der Waals surface area contributed by atoms with Gasteiger partial charge in [-0.25, -0.2) is 4.39 Å². The Hall–Kier alpha value is -3.43. The quantitative estimate of drug-likeness (QED) is 0.290. The molecule has 0 radical (unpaired) electrons. The molecule has 0 fully saturated rings. The third kappa shape index (κ3) is 5.83. The molecule has 3 N–H and O–H groups in total. The Bertz CT molecular complexity index is 1640. The van der Waals surface area contributed by atoms with Crippen LogP contribution in [0.2, 0.25) is 10.0 Å². The summed E-state index contributed by atoms with van der Waals surface area (Å²) in [5.41, 5.74) is 8.36. The molecule has 2 heterocycles. The van der Waals surface area contributed by atoms with Gasteiger partial charge in [-0.1, -0.05) is 66.2 Å². The van der Waals surface area contributed by atoms with Gasteiger partial charge in [-0.05, 0) is 48.2 Å². The second-order valence-corrected chi connectivity index (χ2v) is 13.3. The van der Waals surface area contributed by atoms with Gasteiger partial charge in [-0.3, -0.25) is 14.5 Å². The minimum absolute atomic E-state index is 0.0350. The first-order valence-corrected chi connectivity index (χ1v) is 15.0. The predicted octanol–water partition coefficient (Wildman–Crippen LogP) is 6.66. The average molecular weight is 630 g/mol. The van der Waals surface area contributed by atoms with Crippen LogP contribution >= 0.6 is 46.3 Å². The lowest BCUT2D eigenvalue weighted by atomic mass is 9.68. The number of thioether (sulfide) groups is 1. The van der Waals surface area contributed by atoms with Crippen molar-refractivity contribution in [1.82, 2.24) is 10.2 Å². The SMILES string of the molecule is CC1(C)CC(=O)C2=C(C1)N(c1nnc(SCC(=O)Nc3ccc(F)cc3)s1)C(N)=C(C#N)C2c1c(Cl)cccc1Cl. The van der Waals surface area contributed by atoms with E-state index in [0.29, 0.717) is 48.5 Å². The van der Waals surface area contributed by atoms with Crippen molar-refractivity contribution in [3.63, 3.8) is 0 Å². The second-order valence-electron chi connectivity index (χ2n) is 10.3. The number of hydrogen-bond acceptors (Lipinski definition) is 9. The zero-order valence-electron chi connectivity index (χ0n) is 21.9. The zero-order valence-corrected chi connectivity index (χ0v) is 25.0. The predicted molar refractivity (Wildman–Crippen MR) is 159 cm³/mol. The minimum Gasteiger partial charge on any atom is -0.384 e. The Kier molecular flexibility index (Phi) is 8.12. The fourth-order valence-electron chi connectivity index (χ4n) is 5.01. The van der Waals surface area contributed by atoms with E-state index >= 15 is 0 Å². The van der Waals surface area contributed by atoms with Crippen LogP contribution in [0.5, 0.6) is 0 Å². The normalized spacial score (nSPS) is 18.3. The Labute approximate surface area is 254 Å². The van der Waals surface area contributed by atoms with E-state index in [2.05, 4.69) is 21.6 Å². The smallest absolute Gasteiger partial charge is 0.234 e. The molecule has 41 heavy (non-hydrogen) atoms. The van der Waals surface area contributed by atoms with Crippen molar-refractivity contribution in [3.05, 3.63) is 86.6 Å². The standard InChI is InChI=1S/C28H23Cl2FN6O2S2/c1-28(2)10-19-24(20(38)11-28)22(23-17(29)4-3-5-18(23)30)16(12-32)25(33)37(19)26-35-36-27(41-26)40-13-21(39)34-15-8-6-14(31)7-9-15/h3-9,22H,10-11,13,33H2,1-2H3,(H,34,39). The maximum Gasteiger partial charge on any atom is 0.234 e. The largest absolute Gasteiger partial charge is 0.384 e. The molecule has 5 rings (SSSR count). The van der Waals surface area contributed by atoms with E-state index in [-0.39, 0.29) is 40.7 Å². The Balaban J connectivity index is 1.49. The minimum atomic E-state index is -0.826. The van der Waals surface area contributed by atoms with Gasteiger partial charge in [0, 0.05) is 39.0 Å². The Morgan fingerprint density at radius 2 is 1.90 bits per heavy atom. The lowest BCUT2D eigenvalue weighted by molar-refractivity contribution is -0.118. The van der Waals surface area contributed by atoms with Crippen LogP contribution in [0.15, 0.2) is 69.5 Å². The number of nitriles is 1. The number of nitrogens with zero attached hydrogens (tertiary/aromatic N) is 4. The average Bonchev–Trinajstić information content (AvgIpc) is 3.36. The number of benzene rings is 2. The van der Waals surface area contributed by atoms with Crippen molar-refractivity contribution in [2.24, 2.45) is 11.1 Å². The van der Waals surface area contributed by atoms with Crippen LogP contribution in [0, 0.1) is 22.6 Å². The van der Waals surface area contributed by atoms with Crippen LogP contribution in [-0.4, -0.2) is 27.6 Å². The molecular weight excluding hydrogens is 606 g/mol. The van der Waals surface area contributed by atoms with Gasteiger partial charge < -0.3 is 11.1 Å². The van der Waals surface area contributed by atoms with Crippen LogP contribution in [0.1, 0.15) is 38.2 Å². The highest BCUT2D eigenvalue weighted by molar-refractivity contribution is 8.01. The van der Waals surface area contributed by atoms with E-state index in [1.165, 1.54) is 47.4 Å². The Morgan fingerprint density at radius 1 is 1.22 bits per heavy atom. The zero-order chi connectivity index (χ0) is 29.5. The van der Waals surface area contributed by atoms with Gasteiger partial charge in [0.25, 0.3) is 0 Å². The lowest BCUT2D eigenvalue weighted by Gasteiger charge is -2.42. The molecule has 1 aromatic heterocycles. The topological polar surface area (TPSA) is 125 Å². The summed E-state index contributed by atoms with van der Waals surface area (Å²) in [5, 5.41) is 22.5. The molecule has 210 valence electrons. The van der Waals surface area contributed by atoms with Crippen LogP contribution in [0.4, 0.5) is 15.2 Å². The van der Waals surface area contributed by atoms with E-state index in [9.17, 15) is 19.2 Å². The van der Waals surface area contributed by atoms with Crippen LogP contribution in [0.25, 0.3) is 0 Å². The highest BCUT2D eigenvalue weighted by Gasteiger charge is 2.46. The van der Waals surface area contributed by atoms with Crippen molar-refractivity contribution in [1.29, 1.82) is 5.26 Å². The molecule has 1 atom stereocenters. The molecule has 3 aromatic rings. The number of carbonyl (C=O) groups is 2. The molecule has 13 heteroatoms. The van der Waals surface area contributed by atoms with Crippen molar-refractivity contribution in [2.75, 3.05) is 16.0 Å². The van der Waals surface area contributed by atoms with Gasteiger partial charge in [0.05, 0.1) is 23.3 Å². The number of carbonyl (C=O) groups excluding carboxylic acids is 2. The van der Waals surface area contributed by atoms with Crippen molar-refractivity contribution < 1.29 is 14.0 Å². The summed E-state index contributed by atoms with van der Waals surface area (Å²) in [6.45, 7) is 3.98. The number of amides is 1. The van der Waals surface area contributed by atoms with E-state index in [1.807, 2.05) is 13.8 Å². The number of allylic oxidation sites excluding steroid dienone is 3. The third-order valence-electron chi connectivity index (χ3n) is 6.71. The summed E-state index contributed by atoms with van der Waals surface area (Å²) in [6, 6.07) is 12.7. The second kappa shape index (κ2) is 11.4. The summed E-state index contributed by atoms with van der Waals surface area (Å²) in [7, 11) is 0. The number of Topliss-reactive ketones (excluding diaryl/α,β-unsaturated/α-hetero) is 1. The summed E-state index contributed by atoms with van der Waals surface area (Å²) < 4.78 is 13.6. The monoisotopic (exact) mass is 628 g/mol. The van der Waals surface area contributed by atoms with Crippen LogP contribution < -0.4 is 16.0 Å². The van der Waals surface area contributed by atoms with Crippen molar-refractivity contribution in [2.45, 2.75) is 36.9 Å². The highest BCUT2D eigenvalue weighted by Crippen LogP contribution is 2.52. The van der Waals surface area contributed by atoms with Crippen molar-refractivity contribution in [3.8, 4) is 6.07 Å². The Morgan fingerprint density at radius 3 is 2.56 bits per heavy atom. The van der Waals surface area contributed by atoms with E-state index in [4.69, 9.17) is 28.9 Å². The van der Waals surface area contributed by atoms with E-state index < -0.39 is 11.7 Å². The first-order chi connectivity index (χ1) is 19.5. The summed E-state index contributed by atoms with van der Waals surface area (Å²) in [6.07, 6.45) is 0.755. The summed E-state index contributed by atoms with van der Waals surface area (Å²) in [4.78, 5) is 27.7. The third-order valence-corrected chi connectivity index (χ3v) is 9.41. The van der Waals surface area contributed by atoms with Crippen LogP contribution in [-0.2, 0) is 9.59 Å². The molecule has 0 saturated heterocycles. The fraction of sp³-hybridized carbons (Fsp3) is 0.250. The molecule has 8 nitrogen and oxygen atoms in total. The van der Waals surface area contributed by atoms with Crippen LogP contribution in [0.3, 0.4) is 0 Å². The maximum absolute atomic E-state index is 13.7. The molecule has 0 bridgehead atoms. The number of halogens is 3. The molecule has 1 amide bonds. The number of ketones is 1. The molecule has 0 spiro atoms. The van der Waals surface area contributed by atoms with Gasteiger partial charge in [0.15, 0.2) is 10.1 Å². The van der Waals surface area contributed by atoms with Gasteiger partial charge in [0.1, 0.15) is 11.6 Å². The van der Waals surface area contributed by atoms with Gasteiger partial charge in [-0.15, -0.1) is 10.2 Å². The maximum atomic E-state index is 13.7. The number of hydrogen-bond donors (Lipinski definition) is 2. The van der Waals surface area contributed by atoms with Gasteiger partial charge in [-0.2, -0.15) is 5.26 Å². The first kappa shape index (κ1) is 29.1. The molecule has 1 unspecified atom stereocenters. The number of nitrogens with two attached hydrogens (primary N) is 1. The lowest BCUT2D eigenvalue weighted by Crippen LogP contribution is -2.42. The first-order valence-electron chi connectivity index (χ1n) is 12.4. The molecule has 2 aliphatic rings. The molecular formula is C28H23Cl2FN6O2S2. The van der Waals surface area contributed by atoms with E-state index in [1.54, 1.807) is 23.1 Å². The highest BCUT2D eigenvalue weighted by atomic mass is 35.5. The summed E-state index contributed by atoms with van der Waals surface area (Å²) in [5.74, 6) is -1.50. The van der Waals surface area contributed by atoms with Gasteiger partial charge in [0.2, 0.25) is 11.0 Å². The number of anilines is 2. The molecule has 1 aliphatic carbocycles.